The molecule has 2 N–H and O–H groups in total. The topological polar surface area (TPSA) is 74.2 Å². The molecule has 2 unspecified atom stereocenters. The third-order valence-electron chi connectivity index (χ3n) is 2.31. The van der Waals surface area contributed by atoms with Gasteiger partial charge < -0.3 is 15.0 Å². The van der Waals surface area contributed by atoms with Crippen LogP contribution in [0.4, 0.5) is 0 Å². The highest BCUT2D eigenvalue weighted by atomic mass is 32.2. The van der Waals surface area contributed by atoms with Crippen molar-refractivity contribution in [3.8, 4) is 0 Å². The zero-order chi connectivity index (χ0) is 12.0. The van der Waals surface area contributed by atoms with E-state index in [1.165, 1.54) is 0 Å². The molecule has 0 spiro atoms. The number of hydrogen-bond donors (Lipinski definition) is 1. The van der Waals surface area contributed by atoms with Gasteiger partial charge in [0.05, 0.1) is 12.1 Å². The molecule has 1 rings (SSSR count). The van der Waals surface area contributed by atoms with Gasteiger partial charge in [0.1, 0.15) is 0 Å². The smallest absolute Gasteiger partial charge is 0.243 e. The lowest BCUT2D eigenvalue weighted by atomic mass is 10.2. The maximum atomic E-state index is 5.92. The van der Waals surface area contributed by atoms with Crippen LogP contribution >= 0.6 is 11.8 Å². The Morgan fingerprint density at radius 2 is 2.31 bits per heavy atom. The van der Waals surface area contributed by atoms with Crippen molar-refractivity contribution < 1.29 is 9.26 Å². The summed E-state index contributed by atoms with van der Waals surface area (Å²) in [5.41, 5.74) is 5.92. The van der Waals surface area contributed by atoms with E-state index in [1.807, 2.05) is 13.2 Å². The molecule has 0 saturated heterocycles. The minimum atomic E-state index is -0.161. The lowest BCUT2D eigenvalue weighted by Gasteiger charge is -2.05. The van der Waals surface area contributed by atoms with Crippen molar-refractivity contribution in [2.45, 2.75) is 31.9 Å². The van der Waals surface area contributed by atoms with Crippen LogP contribution in [0.5, 0.6) is 0 Å². The Bertz CT molecular complexity index is 306. The van der Waals surface area contributed by atoms with Crippen LogP contribution in [0.15, 0.2) is 4.52 Å². The summed E-state index contributed by atoms with van der Waals surface area (Å²) >= 11 is 1.76. The first-order chi connectivity index (χ1) is 7.67. The Kier molecular flexibility index (Phi) is 5.79. The largest absolute Gasteiger partial charge is 0.381 e. The fourth-order valence-corrected chi connectivity index (χ4v) is 1.70. The van der Waals surface area contributed by atoms with Gasteiger partial charge in [0.2, 0.25) is 5.89 Å². The number of rotatable bonds is 7. The van der Waals surface area contributed by atoms with Crippen LogP contribution in [0.25, 0.3) is 0 Å². The monoisotopic (exact) mass is 245 g/mol. The number of nitrogens with two attached hydrogens (primary N) is 1. The molecule has 0 aromatic carbocycles. The molecule has 1 aromatic heterocycles. The van der Waals surface area contributed by atoms with Crippen molar-refractivity contribution in [2.75, 3.05) is 19.1 Å². The van der Waals surface area contributed by atoms with E-state index in [2.05, 4.69) is 10.1 Å². The molecule has 0 amide bonds. The summed E-state index contributed by atoms with van der Waals surface area (Å²) in [4.78, 5) is 4.26. The minimum Gasteiger partial charge on any atom is -0.381 e. The Hall–Kier alpha value is -0.590. The molecule has 0 aliphatic carbocycles. The summed E-state index contributed by atoms with van der Waals surface area (Å²) in [6, 6.07) is -0.161. The summed E-state index contributed by atoms with van der Waals surface area (Å²) < 4.78 is 10.3. The standard InChI is InChI=1S/C10H19N3O2S/c1-7(14-2)6-9-12-10(15-13-9)8(11)4-5-16-3/h7-8H,4-6,11H2,1-3H3. The summed E-state index contributed by atoms with van der Waals surface area (Å²) in [5, 5.41) is 3.88. The molecular weight excluding hydrogens is 226 g/mol. The van der Waals surface area contributed by atoms with E-state index in [9.17, 15) is 0 Å². The van der Waals surface area contributed by atoms with Crippen molar-refractivity contribution in [1.29, 1.82) is 0 Å². The van der Waals surface area contributed by atoms with Crippen LogP contribution in [0.3, 0.4) is 0 Å². The summed E-state index contributed by atoms with van der Waals surface area (Å²) in [7, 11) is 1.66. The van der Waals surface area contributed by atoms with Gasteiger partial charge in [-0.2, -0.15) is 16.7 Å². The van der Waals surface area contributed by atoms with Crippen LogP contribution < -0.4 is 5.73 Å². The molecule has 92 valence electrons. The first-order valence-corrected chi connectivity index (χ1v) is 6.66. The average molecular weight is 245 g/mol. The van der Waals surface area contributed by atoms with Crippen molar-refractivity contribution in [3.63, 3.8) is 0 Å². The van der Waals surface area contributed by atoms with E-state index in [1.54, 1.807) is 18.9 Å². The lowest BCUT2D eigenvalue weighted by Crippen LogP contribution is -2.13. The Balaban J connectivity index is 2.50. The first-order valence-electron chi connectivity index (χ1n) is 5.27. The number of thioether (sulfide) groups is 1. The maximum absolute atomic E-state index is 5.92. The highest BCUT2D eigenvalue weighted by Gasteiger charge is 2.15. The molecule has 0 radical (unpaired) electrons. The first kappa shape index (κ1) is 13.5. The van der Waals surface area contributed by atoms with Crippen molar-refractivity contribution in [1.82, 2.24) is 10.1 Å². The quantitative estimate of drug-likeness (QED) is 0.782. The molecule has 5 nitrogen and oxygen atoms in total. The van der Waals surface area contributed by atoms with E-state index in [0.29, 0.717) is 18.1 Å². The molecule has 2 atom stereocenters. The molecule has 0 aliphatic rings. The van der Waals surface area contributed by atoms with Gasteiger partial charge >= 0.3 is 0 Å². The zero-order valence-electron chi connectivity index (χ0n) is 9.97. The van der Waals surface area contributed by atoms with Gasteiger partial charge in [-0.3, -0.25) is 0 Å². The van der Waals surface area contributed by atoms with Crippen LogP contribution in [0.1, 0.15) is 31.1 Å². The van der Waals surface area contributed by atoms with Crippen molar-refractivity contribution in [2.24, 2.45) is 5.73 Å². The van der Waals surface area contributed by atoms with E-state index in [4.69, 9.17) is 15.0 Å². The molecule has 0 bridgehead atoms. The maximum Gasteiger partial charge on any atom is 0.243 e. The number of aromatic nitrogens is 2. The van der Waals surface area contributed by atoms with Gasteiger partial charge in [0.15, 0.2) is 5.82 Å². The molecular formula is C10H19N3O2S. The van der Waals surface area contributed by atoms with Crippen molar-refractivity contribution >= 4 is 11.8 Å². The minimum absolute atomic E-state index is 0.0906. The summed E-state index contributed by atoms with van der Waals surface area (Å²) in [6.07, 6.45) is 3.64. The highest BCUT2D eigenvalue weighted by molar-refractivity contribution is 7.98. The molecule has 0 aliphatic heterocycles. The molecule has 0 fully saturated rings. The van der Waals surface area contributed by atoms with E-state index >= 15 is 0 Å². The normalized spacial score (nSPS) is 15.0. The SMILES string of the molecule is COC(C)Cc1noc(C(N)CCSC)n1. The second-order valence-electron chi connectivity index (χ2n) is 3.69. The number of methoxy groups -OCH3 is 1. The zero-order valence-corrected chi connectivity index (χ0v) is 10.8. The highest BCUT2D eigenvalue weighted by Crippen LogP contribution is 2.14. The fourth-order valence-electron chi connectivity index (χ4n) is 1.21. The van der Waals surface area contributed by atoms with Gasteiger partial charge in [-0.05, 0) is 25.4 Å². The van der Waals surface area contributed by atoms with Gasteiger partial charge in [-0.25, -0.2) is 0 Å². The lowest BCUT2D eigenvalue weighted by molar-refractivity contribution is 0.116. The molecule has 1 heterocycles. The third-order valence-corrected chi connectivity index (χ3v) is 2.95. The average Bonchev–Trinajstić information content (AvgIpc) is 2.74. The predicted octanol–water partition coefficient (Wildman–Crippen LogP) is 1.40. The van der Waals surface area contributed by atoms with Crippen molar-refractivity contribution in [3.05, 3.63) is 11.7 Å². The predicted molar refractivity (Wildman–Crippen MR) is 64.4 cm³/mol. The third kappa shape index (κ3) is 4.11. The Morgan fingerprint density at radius 3 is 2.94 bits per heavy atom. The molecule has 6 heteroatoms. The summed E-state index contributed by atoms with van der Waals surface area (Å²) in [5.74, 6) is 2.17. The molecule has 16 heavy (non-hydrogen) atoms. The number of ether oxygens (including phenoxy) is 1. The van der Waals surface area contributed by atoms with Gasteiger partial charge in [0.25, 0.3) is 0 Å². The molecule has 1 aromatic rings. The van der Waals surface area contributed by atoms with E-state index in [-0.39, 0.29) is 12.1 Å². The Labute approximate surface area is 100 Å². The van der Waals surface area contributed by atoms with Crippen LogP contribution in [0, 0.1) is 0 Å². The second-order valence-corrected chi connectivity index (χ2v) is 4.67. The van der Waals surface area contributed by atoms with Gasteiger partial charge in [-0.15, -0.1) is 0 Å². The fraction of sp³-hybridized carbons (Fsp3) is 0.800. The van der Waals surface area contributed by atoms with Gasteiger partial charge in [0, 0.05) is 13.5 Å². The summed E-state index contributed by atoms with van der Waals surface area (Å²) in [6.45, 7) is 1.96. The van der Waals surface area contributed by atoms with Crippen LogP contribution in [0.2, 0.25) is 0 Å². The Morgan fingerprint density at radius 1 is 1.56 bits per heavy atom. The number of hydrogen-bond acceptors (Lipinski definition) is 6. The second kappa shape index (κ2) is 6.88. The molecule has 0 saturated carbocycles. The van der Waals surface area contributed by atoms with Crippen LogP contribution in [-0.2, 0) is 11.2 Å². The number of nitrogens with zero attached hydrogens (tertiary/aromatic N) is 2. The van der Waals surface area contributed by atoms with E-state index < -0.39 is 0 Å². The van der Waals surface area contributed by atoms with Gasteiger partial charge in [-0.1, -0.05) is 5.16 Å². The van der Waals surface area contributed by atoms with E-state index in [0.717, 1.165) is 12.2 Å². The van der Waals surface area contributed by atoms with Crippen LogP contribution in [-0.4, -0.2) is 35.4 Å².